The maximum Gasteiger partial charge on any atom is 0.237 e. The molecule has 0 spiro atoms. The van der Waals surface area contributed by atoms with Crippen LogP contribution in [0.3, 0.4) is 0 Å². The summed E-state index contributed by atoms with van der Waals surface area (Å²) in [6, 6.07) is 0.321. The van der Waals surface area contributed by atoms with Crippen LogP contribution >= 0.6 is 0 Å². The first-order valence-electron chi connectivity index (χ1n) is 6.04. The van der Waals surface area contributed by atoms with Gasteiger partial charge >= 0.3 is 0 Å². The van der Waals surface area contributed by atoms with E-state index in [9.17, 15) is 4.79 Å². The third-order valence-corrected chi connectivity index (χ3v) is 3.08. The highest BCUT2D eigenvalue weighted by molar-refractivity contribution is 5.78. The van der Waals surface area contributed by atoms with Gasteiger partial charge in [0, 0.05) is 32.2 Å². The van der Waals surface area contributed by atoms with Gasteiger partial charge in [-0.25, -0.2) is 0 Å². The summed E-state index contributed by atoms with van der Waals surface area (Å²) in [5.74, 6) is 0.192. The molecule has 16 heavy (non-hydrogen) atoms. The number of hydrogen-bond donors (Lipinski definition) is 1. The Hall–Kier alpha value is -0.870. The fraction of sp³-hybridized carbons (Fsp3) is 0.750. The molecule has 4 nitrogen and oxygen atoms in total. The van der Waals surface area contributed by atoms with Crippen molar-refractivity contribution in [3.8, 4) is 0 Å². The van der Waals surface area contributed by atoms with Crippen molar-refractivity contribution in [3.05, 3.63) is 12.7 Å². The molecule has 0 saturated carbocycles. The Morgan fingerprint density at radius 2 is 2.19 bits per heavy atom. The van der Waals surface area contributed by atoms with E-state index in [1.807, 2.05) is 11.8 Å². The van der Waals surface area contributed by atoms with Gasteiger partial charge in [0.1, 0.15) is 0 Å². The number of rotatable bonds is 5. The van der Waals surface area contributed by atoms with Gasteiger partial charge in [0.05, 0.1) is 6.54 Å². The van der Waals surface area contributed by atoms with E-state index in [2.05, 4.69) is 11.5 Å². The van der Waals surface area contributed by atoms with Gasteiger partial charge in [-0.2, -0.15) is 0 Å². The molecule has 0 atom stereocenters. The van der Waals surface area contributed by atoms with Gasteiger partial charge in [0.25, 0.3) is 0 Å². The van der Waals surface area contributed by atoms with E-state index >= 15 is 0 Å². The van der Waals surface area contributed by atoms with Crippen molar-refractivity contribution in [2.24, 2.45) is 5.73 Å². The van der Waals surface area contributed by atoms with Gasteiger partial charge in [0.15, 0.2) is 0 Å². The lowest BCUT2D eigenvalue weighted by molar-refractivity contribution is -0.132. The highest BCUT2D eigenvalue weighted by Crippen LogP contribution is 2.08. The summed E-state index contributed by atoms with van der Waals surface area (Å²) in [7, 11) is 0. The lowest BCUT2D eigenvalue weighted by atomic mass is 10.1. The zero-order valence-corrected chi connectivity index (χ0v) is 10.2. The third-order valence-electron chi connectivity index (χ3n) is 3.08. The van der Waals surface area contributed by atoms with E-state index in [0.29, 0.717) is 19.1 Å². The molecule has 0 aromatic carbocycles. The molecule has 92 valence electrons. The molecular weight excluding hydrogens is 202 g/mol. The van der Waals surface area contributed by atoms with Gasteiger partial charge in [-0.1, -0.05) is 6.08 Å². The van der Waals surface area contributed by atoms with Crippen molar-refractivity contribution < 1.29 is 4.79 Å². The largest absolute Gasteiger partial charge is 0.338 e. The molecule has 1 aliphatic rings. The van der Waals surface area contributed by atoms with Gasteiger partial charge in [-0.05, 0) is 19.8 Å². The van der Waals surface area contributed by atoms with Gasteiger partial charge < -0.3 is 10.6 Å². The highest BCUT2D eigenvalue weighted by Gasteiger charge is 2.20. The van der Waals surface area contributed by atoms with Crippen molar-refractivity contribution in [2.75, 3.05) is 32.7 Å². The average molecular weight is 225 g/mol. The molecule has 1 fully saturated rings. The molecule has 1 amide bonds. The van der Waals surface area contributed by atoms with E-state index in [0.717, 1.165) is 32.5 Å². The van der Waals surface area contributed by atoms with Crippen LogP contribution in [-0.4, -0.2) is 54.5 Å². The first kappa shape index (κ1) is 13.2. The smallest absolute Gasteiger partial charge is 0.237 e. The number of carbonyl (C=O) groups is 1. The van der Waals surface area contributed by atoms with Crippen LogP contribution in [0.4, 0.5) is 0 Å². The number of amides is 1. The van der Waals surface area contributed by atoms with Crippen LogP contribution in [0.25, 0.3) is 0 Å². The summed E-state index contributed by atoms with van der Waals surface area (Å²) in [4.78, 5) is 15.9. The molecule has 1 rings (SSSR count). The first-order valence-corrected chi connectivity index (χ1v) is 6.04. The number of hydrogen-bond acceptors (Lipinski definition) is 3. The van der Waals surface area contributed by atoms with E-state index in [-0.39, 0.29) is 5.91 Å². The number of likely N-dealkylation sites (tertiary alicyclic amines) is 1. The lowest BCUT2D eigenvalue weighted by Gasteiger charge is -2.31. The molecule has 0 aliphatic carbocycles. The molecule has 0 unspecified atom stereocenters. The van der Waals surface area contributed by atoms with Crippen LogP contribution in [-0.2, 0) is 4.79 Å². The number of nitrogens with zero attached hydrogens (tertiary/aromatic N) is 2. The van der Waals surface area contributed by atoms with Crippen LogP contribution in [0.1, 0.15) is 19.8 Å². The second kappa shape index (κ2) is 6.66. The number of likely N-dealkylation sites (N-methyl/N-ethyl adjacent to an activating group) is 1. The van der Waals surface area contributed by atoms with Crippen LogP contribution < -0.4 is 5.73 Å². The van der Waals surface area contributed by atoms with Gasteiger partial charge in [-0.3, -0.25) is 9.69 Å². The van der Waals surface area contributed by atoms with Crippen LogP contribution in [0.2, 0.25) is 0 Å². The standard InChI is InChI=1S/C12H23N3O/c1-3-7-15(4-2)12(16)10-14-8-5-11(13)6-9-14/h3,11H,1,4-10,13H2,2H3. The predicted octanol–water partition coefficient (Wildman–Crippen LogP) is 0.444. The Kier molecular flexibility index (Phi) is 5.49. The molecule has 1 aliphatic heterocycles. The zero-order chi connectivity index (χ0) is 12.0. The normalized spacial score (nSPS) is 18.4. The highest BCUT2D eigenvalue weighted by atomic mass is 16.2. The van der Waals surface area contributed by atoms with Gasteiger partial charge in [0.2, 0.25) is 5.91 Å². The lowest BCUT2D eigenvalue weighted by Crippen LogP contribution is -2.45. The summed E-state index contributed by atoms with van der Waals surface area (Å²) in [5.41, 5.74) is 5.83. The zero-order valence-electron chi connectivity index (χ0n) is 10.2. The van der Waals surface area contributed by atoms with Gasteiger partial charge in [-0.15, -0.1) is 6.58 Å². The Labute approximate surface area is 98.1 Å². The maximum atomic E-state index is 11.9. The minimum atomic E-state index is 0.192. The van der Waals surface area contributed by atoms with E-state index < -0.39 is 0 Å². The van der Waals surface area contributed by atoms with Crippen LogP contribution in [0.5, 0.6) is 0 Å². The fourth-order valence-corrected chi connectivity index (χ4v) is 1.97. The monoisotopic (exact) mass is 225 g/mol. The molecule has 0 radical (unpaired) electrons. The quantitative estimate of drug-likeness (QED) is 0.691. The predicted molar refractivity (Wildman–Crippen MR) is 66.1 cm³/mol. The van der Waals surface area contributed by atoms with Crippen molar-refractivity contribution in [1.29, 1.82) is 0 Å². The molecule has 1 heterocycles. The molecule has 0 aromatic heterocycles. The molecule has 0 aromatic rings. The summed E-state index contributed by atoms with van der Waals surface area (Å²) in [5, 5.41) is 0. The average Bonchev–Trinajstić information content (AvgIpc) is 2.29. The molecule has 4 heteroatoms. The van der Waals surface area contributed by atoms with E-state index in [1.54, 1.807) is 6.08 Å². The summed E-state index contributed by atoms with van der Waals surface area (Å²) in [6.07, 6.45) is 3.77. The Balaban J connectivity index is 2.35. The second-order valence-electron chi connectivity index (χ2n) is 4.33. The minimum Gasteiger partial charge on any atom is -0.338 e. The van der Waals surface area contributed by atoms with Crippen molar-refractivity contribution >= 4 is 5.91 Å². The molecule has 1 saturated heterocycles. The topological polar surface area (TPSA) is 49.6 Å². The van der Waals surface area contributed by atoms with Crippen molar-refractivity contribution in [1.82, 2.24) is 9.80 Å². The Bertz CT molecular complexity index is 234. The molecule has 2 N–H and O–H groups in total. The summed E-state index contributed by atoms with van der Waals surface area (Å²) >= 11 is 0. The number of piperidine rings is 1. The third kappa shape index (κ3) is 3.94. The number of nitrogens with two attached hydrogens (primary N) is 1. The van der Waals surface area contributed by atoms with Crippen molar-refractivity contribution in [3.63, 3.8) is 0 Å². The maximum absolute atomic E-state index is 11.9. The molecule has 0 bridgehead atoms. The first-order chi connectivity index (χ1) is 7.67. The van der Waals surface area contributed by atoms with E-state index in [1.165, 1.54) is 0 Å². The number of carbonyl (C=O) groups excluding carboxylic acids is 1. The van der Waals surface area contributed by atoms with Crippen LogP contribution in [0, 0.1) is 0 Å². The van der Waals surface area contributed by atoms with Crippen LogP contribution in [0.15, 0.2) is 12.7 Å². The fourth-order valence-electron chi connectivity index (χ4n) is 1.97. The molecular formula is C12H23N3O. The minimum absolute atomic E-state index is 0.192. The summed E-state index contributed by atoms with van der Waals surface area (Å²) < 4.78 is 0. The Morgan fingerprint density at radius 1 is 1.56 bits per heavy atom. The summed E-state index contributed by atoms with van der Waals surface area (Å²) in [6.45, 7) is 9.46. The van der Waals surface area contributed by atoms with E-state index in [4.69, 9.17) is 5.73 Å². The SMILES string of the molecule is C=CCN(CC)C(=O)CN1CCC(N)CC1. The van der Waals surface area contributed by atoms with Crippen molar-refractivity contribution in [2.45, 2.75) is 25.8 Å². The second-order valence-corrected chi connectivity index (χ2v) is 4.33. The Morgan fingerprint density at radius 3 is 2.69 bits per heavy atom.